The third-order valence-electron chi connectivity index (χ3n) is 4.31. The van der Waals surface area contributed by atoms with Crippen LogP contribution in [0.3, 0.4) is 0 Å². The molecule has 24 heavy (non-hydrogen) atoms. The van der Waals surface area contributed by atoms with Gasteiger partial charge in [0, 0.05) is 24.4 Å². The van der Waals surface area contributed by atoms with Gasteiger partial charge < -0.3 is 14.8 Å². The molecular weight excluding hydrogens is 311 g/mol. The molecule has 0 radical (unpaired) electrons. The molecule has 1 amide bonds. The Bertz CT molecular complexity index is 676. The molecule has 1 aliphatic carbocycles. The summed E-state index contributed by atoms with van der Waals surface area (Å²) in [6, 6.07) is 6.14. The van der Waals surface area contributed by atoms with Gasteiger partial charge >= 0.3 is 0 Å². The lowest BCUT2D eigenvalue weighted by Gasteiger charge is -2.26. The van der Waals surface area contributed by atoms with Crippen molar-refractivity contribution in [3.8, 4) is 11.3 Å². The smallest absolute Gasteiger partial charge is 0.220 e. The molecule has 0 bridgehead atoms. The summed E-state index contributed by atoms with van der Waals surface area (Å²) < 4.78 is 18.5. The first-order valence-electron chi connectivity index (χ1n) is 8.28. The molecule has 3 rings (SSSR count). The fourth-order valence-corrected chi connectivity index (χ4v) is 2.91. The minimum Gasteiger partial charge on any atom is -0.441 e. The standard InChI is InChI=1S/C18H21FN2O3/c19-13-3-1-12(2-4-13)16-11-20-18(24-16)10-9-17(23)21-14-5-7-15(22)8-6-14/h1-4,11,14-15,22H,5-10H2,(H,21,23). The first kappa shape index (κ1) is 16.6. The first-order valence-corrected chi connectivity index (χ1v) is 8.28. The Kier molecular flexibility index (Phi) is 5.25. The highest BCUT2D eigenvalue weighted by molar-refractivity contribution is 5.76. The summed E-state index contributed by atoms with van der Waals surface area (Å²) in [6.45, 7) is 0. The van der Waals surface area contributed by atoms with E-state index in [1.807, 2.05) is 0 Å². The summed E-state index contributed by atoms with van der Waals surface area (Å²) in [5.41, 5.74) is 0.750. The van der Waals surface area contributed by atoms with Crippen molar-refractivity contribution in [2.24, 2.45) is 0 Å². The lowest BCUT2D eigenvalue weighted by atomic mass is 9.93. The number of rotatable bonds is 5. The second kappa shape index (κ2) is 7.57. The number of halogens is 1. The fourth-order valence-electron chi connectivity index (χ4n) is 2.91. The Hall–Kier alpha value is -2.21. The Morgan fingerprint density at radius 2 is 1.96 bits per heavy atom. The SMILES string of the molecule is O=C(CCc1ncc(-c2ccc(F)cc2)o1)NC1CCC(O)CC1. The van der Waals surface area contributed by atoms with Gasteiger partial charge in [-0.15, -0.1) is 0 Å². The predicted molar refractivity (Wildman–Crippen MR) is 86.6 cm³/mol. The zero-order chi connectivity index (χ0) is 16.9. The van der Waals surface area contributed by atoms with Gasteiger partial charge in [0.05, 0.1) is 12.3 Å². The van der Waals surface area contributed by atoms with Gasteiger partial charge in [0.2, 0.25) is 5.91 Å². The van der Waals surface area contributed by atoms with Crippen molar-refractivity contribution in [1.29, 1.82) is 0 Å². The minimum absolute atomic E-state index is 0.0297. The van der Waals surface area contributed by atoms with Gasteiger partial charge in [-0.2, -0.15) is 0 Å². The zero-order valence-corrected chi connectivity index (χ0v) is 13.4. The largest absolute Gasteiger partial charge is 0.441 e. The van der Waals surface area contributed by atoms with Crippen LogP contribution >= 0.6 is 0 Å². The number of aliphatic hydroxyl groups excluding tert-OH is 1. The average molecular weight is 332 g/mol. The van der Waals surface area contributed by atoms with Crippen LogP contribution in [0.25, 0.3) is 11.3 Å². The molecule has 0 unspecified atom stereocenters. The highest BCUT2D eigenvalue weighted by Gasteiger charge is 2.20. The van der Waals surface area contributed by atoms with Crippen LogP contribution in [0, 0.1) is 5.82 Å². The number of hydrogen-bond donors (Lipinski definition) is 2. The van der Waals surface area contributed by atoms with Gasteiger partial charge in [0.1, 0.15) is 5.82 Å². The van der Waals surface area contributed by atoms with Crippen LogP contribution in [0.5, 0.6) is 0 Å². The molecule has 0 saturated heterocycles. The summed E-state index contributed by atoms with van der Waals surface area (Å²) in [4.78, 5) is 16.2. The molecular formula is C18H21FN2O3. The number of oxazole rings is 1. The predicted octanol–water partition coefficient (Wildman–Crippen LogP) is 2.83. The van der Waals surface area contributed by atoms with Crippen LogP contribution in [0.4, 0.5) is 4.39 Å². The van der Waals surface area contributed by atoms with E-state index in [1.54, 1.807) is 18.3 Å². The lowest BCUT2D eigenvalue weighted by molar-refractivity contribution is -0.122. The van der Waals surface area contributed by atoms with Gasteiger partial charge in [-0.1, -0.05) is 0 Å². The second-order valence-corrected chi connectivity index (χ2v) is 6.20. The van der Waals surface area contributed by atoms with E-state index < -0.39 is 0 Å². The summed E-state index contributed by atoms with van der Waals surface area (Å²) in [7, 11) is 0. The van der Waals surface area contributed by atoms with Gasteiger partial charge in [0.25, 0.3) is 0 Å². The van der Waals surface area contributed by atoms with Crippen LogP contribution in [0.2, 0.25) is 0 Å². The van der Waals surface area contributed by atoms with Crippen molar-refractivity contribution in [2.45, 2.75) is 50.7 Å². The van der Waals surface area contributed by atoms with Gasteiger partial charge in [-0.25, -0.2) is 9.37 Å². The van der Waals surface area contributed by atoms with E-state index in [2.05, 4.69) is 10.3 Å². The molecule has 6 heteroatoms. The van der Waals surface area contributed by atoms with Crippen LogP contribution in [0.1, 0.15) is 38.0 Å². The van der Waals surface area contributed by atoms with Crippen molar-refractivity contribution >= 4 is 5.91 Å². The quantitative estimate of drug-likeness (QED) is 0.883. The van der Waals surface area contributed by atoms with E-state index in [1.165, 1.54) is 12.1 Å². The topological polar surface area (TPSA) is 75.4 Å². The lowest BCUT2D eigenvalue weighted by Crippen LogP contribution is -2.38. The van der Waals surface area contributed by atoms with Crippen molar-refractivity contribution in [1.82, 2.24) is 10.3 Å². The van der Waals surface area contributed by atoms with Crippen molar-refractivity contribution in [2.75, 3.05) is 0 Å². The molecule has 1 aromatic carbocycles. The molecule has 1 aliphatic rings. The Morgan fingerprint density at radius 1 is 1.25 bits per heavy atom. The highest BCUT2D eigenvalue weighted by Crippen LogP contribution is 2.21. The van der Waals surface area contributed by atoms with E-state index in [0.717, 1.165) is 31.2 Å². The normalized spacial score (nSPS) is 20.8. The van der Waals surface area contributed by atoms with Crippen LogP contribution in [-0.2, 0) is 11.2 Å². The molecule has 128 valence electrons. The molecule has 1 saturated carbocycles. The number of hydrogen-bond acceptors (Lipinski definition) is 4. The van der Waals surface area contributed by atoms with Crippen molar-refractivity contribution < 1.29 is 18.7 Å². The van der Waals surface area contributed by atoms with Gasteiger partial charge in [-0.3, -0.25) is 4.79 Å². The van der Waals surface area contributed by atoms with Crippen molar-refractivity contribution in [3.63, 3.8) is 0 Å². The molecule has 5 nitrogen and oxygen atoms in total. The zero-order valence-electron chi connectivity index (χ0n) is 13.4. The second-order valence-electron chi connectivity index (χ2n) is 6.20. The Balaban J connectivity index is 1.48. The summed E-state index contributed by atoms with van der Waals surface area (Å²) in [6.07, 6.45) is 5.21. The molecule has 1 heterocycles. The average Bonchev–Trinajstić information content (AvgIpc) is 3.05. The van der Waals surface area contributed by atoms with Gasteiger partial charge in [-0.05, 0) is 49.9 Å². The maximum atomic E-state index is 12.9. The number of nitrogens with zero attached hydrogens (tertiary/aromatic N) is 1. The molecule has 1 fully saturated rings. The van der Waals surface area contributed by atoms with Crippen LogP contribution < -0.4 is 5.32 Å². The Morgan fingerprint density at radius 3 is 2.67 bits per heavy atom. The van der Waals surface area contributed by atoms with Crippen LogP contribution in [0.15, 0.2) is 34.9 Å². The number of carbonyl (C=O) groups excluding carboxylic acids is 1. The third kappa shape index (κ3) is 4.41. The third-order valence-corrected chi connectivity index (χ3v) is 4.31. The number of amides is 1. The van der Waals surface area contributed by atoms with E-state index in [-0.39, 0.29) is 23.9 Å². The van der Waals surface area contributed by atoms with Crippen LogP contribution in [-0.4, -0.2) is 28.1 Å². The maximum absolute atomic E-state index is 12.9. The maximum Gasteiger partial charge on any atom is 0.220 e. The number of aliphatic hydroxyl groups is 1. The molecule has 2 aromatic rings. The number of aryl methyl sites for hydroxylation is 1. The van der Waals surface area contributed by atoms with Crippen molar-refractivity contribution in [3.05, 3.63) is 42.2 Å². The van der Waals surface area contributed by atoms with Gasteiger partial charge in [0.15, 0.2) is 11.7 Å². The number of carbonyl (C=O) groups is 1. The number of aromatic nitrogens is 1. The fraction of sp³-hybridized carbons (Fsp3) is 0.444. The molecule has 0 atom stereocenters. The first-order chi connectivity index (χ1) is 11.6. The van der Waals surface area contributed by atoms with E-state index in [9.17, 15) is 14.3 Å². The van der Waals surface area contributed by atoms with E-state index in [4.69, 9.17) is 4.42 Å². The van der Waals surface area contributed by atoms with E-state index in [0.29, 0.717) is 24.5 Å². The highest BCUT2D eigenvalue weighted by atomic mass is 19.1. The minimum atomic E-state index is -0.301. The van der Waals surface area contributed by atoms with E-state index >= 15 is 0 Å². The summed E-state index contributed by atoms with van der Waals surface area (Å²) in [5, 5.41) is 12.5. The molecule has 0 spiro atoms. The monoisotopic (exact) mass is 332 g/mol. The number of benzene rings is 1. The summed E-state index contributed by atoms with van der Waals surface area (Å²) >= 11 is 0. The Labute approximate surface area is 139 Å². The molecule has 0 aliphatic heterocycles. The number of nitrogens with one attached hydrogen (secondary N) is 1. The molecule has 2 N–H and O–H groups in total. The molecule has 1 aromatic heterocycles. The summed E-state index contributed by atoms with van der Waals surface area (Å²) in [5.74, 6) is 0.721.